The van der Waals surface area contributed by atoms with Crippen LogP contribution in [0.5, 0.6) is 0 Å². The lowest BCUT2D eigenvalue weighted by Crippen LogP contribution is -2.22. The fourth-order valence-electron chi connectivity index (χ4n) is 1.20. The van der Waals surface area contributed by atoms with E-state index < -0.39 is 15.8 Å². The third kappa shape index (κ3) is 4.81. The monoisotopic (exact) mass is 343 g/mol. The van der Waals surface area contributed by atoms with Gasteiger partial charge in [-0.3, -0.25) is 4.72 Å². The van der Waals surface area contributed by atoms with Crippen LogP contribution in [0.1, 0.15) is 6.92 Å². The lowest BCUT2D eigenvalue weighted by atomic mass is 10.3. The molecular weight excluding hydrogens is 333 g/mol. The number of hydrogen-bond donors (Lipinski definition) is 1. The van der Waals surface area contributed by atoms with E-state index >= 15 is 0 Å². The van der Waals surface area contributed by atoms with Crippen molar-refractivity contribution in [3.05, 3.63) is 28.5 Å². The third-order valence-electron chi connectivity index (χ3n) is 1.96. The van der Waals surface area contributed by atoms with Gasteiger partial charge in [-0.05, 0) is 24.1 Å². The molecule has 0 radical (unpaired) electrons. The zero-order valence-corrected chi connectivity index (χ0v) is 12.2. The fraction of sp³-hybridized carbons (Fsp3) is 0.400. The SMILES string of the molecule is CC(CCl)CS(=O)(=O)Nc1cc(Br)ccc1F. The van der Waals surface area contributed by atoms with Crippen LogP contribution in [-0.2, 0) is 10.0 Å². The molecule has 1 N–H and O–H groups in total. The van der Waals surface area contributed by atoms with E-state index in [2.05, 4.69) is 20.7 Å². The highest BCUT2D eigenvalue weighted by Crippen LogP contribution is 2.21. The summed E-state index contributed by atoms with van der Waals surface area (Å²) in [5, 5.41) is 0. The fourth-order valence-corrected chi connectivity index (χ4v) is 3.25. The Morgan fingerprint density at radius 1 is 1.53 bits per heavy atom. The first-order valence-corrected chi connectivity index (χ1v) is 7.83. The van der Waals surface area contributed by atoms with Crippen molar-refractivity contribution in [1.29, 1.82) is 0 Å². The van der Waals surface area contributed by atoms with Crippen molar-refractivity contribution in [3.8, 4) is 0 Å². The number of alkyl halides is 1. The van der Waals surface area contributed by atoms with Gasteiger partial charge in [0, 0.05) is 10.4 Å². The van der Waals surface area contributed by atoms with Crippen LogP contribution in [0.4, 0.5) is 10.1 Å². The van der Waals surface area contributed by atoms with Crippen molar-refractivity contribution in [2.45, 2.75) is 6.92 Å². The molecule has 0 aromatic heterocycles. The van der Waals surface area contributed by atoms with E-state index in [4.69, 9.17) is 11.6 Å². The van der Waals surface area contributed by atoms with E-state index in [-0.39, 0.29) is 23.2 Å². The molecule has 0 bridgehead atoms. The molecule has 1 rings (SSSR count). The highest BCUT2D eigenvalue weighted by atomic mass is 79.9. The Kier molecular flexibility index (Phi) is 5.22. The van der Waals surface area contributed by atoms with Gasteiger partial charge in [0.05, 0.1) is 11.4 Å². The van der Waals surface area contributed by atoms with Gasteiger partial charge < -0.3 is 0 Å². The van der Waals surface area contributed by atoms with Crippen LogP contribution in [-0.4, -0.2) is 20.1 Å². The number of halogens is 3. The molecule has 3 nitrogen and oxygen atoms in total. The molecule has 0 aliphatic rings. The minimum Gasteiger partial charge on any atom is -0.281 e. The smallest absolute Gasteiger partial charge is 0.233 e. The summed E-state index contributed by atoms with van der Waals surface area (Å²) in [6.45, 7) is 1.71. The summed E-state index contributed by atoms with van der Waals surface area (Å²) >= 11 is 8.69. The second kappa shape index (κ2) is 6.02. The summed E-state index contributed by atoms with van der Waals surface area (Å²) < 4.78 is 39.5. The molecule has 0 aliphatic carbocycles. The van der Waals surface area contributed by atoms with E-state index in [0.717, 1.165) is 0 Å². The van der Waals surface area contributed by atoms with Crippen molar-refractivity contribution < 1.29 is 12.8 Å². The van der Waals surface area contributed by atoms with Gasteiger partial charge in [-0.1, -0.05) is 22.9 Å². The average Bonchev–Trinajstić information content (AvgIpc) is 2.22. The Labute approximate surface area is 114 Å². The lowest BCUT2D eigenvalue weighted by Gasteiger charge is -2.11. The molecule has 96 valence electrons. The molecule has 1 unspecified atom stereocenters. The second-order valence-electron chi connectivity index (χ2n) is 3.77. The lowest BCUT2D eigenvalue weighted by molar-refractivity contribution is 0.586. The quantitative estimate of drug-likeness (QED) is 0.834. The molecule has 1 aromatic rings. The third-order valence-corrected chi connectivity index (χ3v) is 4.52. The summed E-state index contributed by atoms with van der Waals surface area (Å²) in [6, 6.07) is 4.06. The number of rotatable bonds is 5. The summed E-state index contributed by atoms with van der Waals surface area (Å²) in [7, 11) is -3.58. The minimum atomic E-state index is -3.58. The van der Waals surface area contributed by atoms with Gasteiger partial charge in [-0.2, -0.15) is 0 Å². The molecule has 17 heavy (non-hydrogen) atoms. The van der Waals surface area contributed by atoms with Gasteiger partial charge >= 0.3 is 0 Å². The van der Waals surface area contributed by atoms with Crippen LogP contribution in [0.3, 0.4) is 0 Å². The number of nitrogens with one attached hydrogen (secondary N) is 1. The van der Waals surface area contributed by atoms with Crippen LogP contribution in [0, 0.1) is 11.7 Å². The highest BCUT2D eigenvalue weighted by Gasteiger charge is 2.17. The van der Waals surface area contributed by atoms with Crippen LogP contribution in [0.2, 0.25) is 0 Å². The van der Waals surface area contributed by atoms with Crippen LogP contribution < -0.4 is 4.72 Å². The van der Waals surface area contributed by atoms with Crippen molar-refractivity contribution in [2.24, 2.45) is 5.92 Å². The van der Waals surface area contributed by atoms with E-state index in [9.17, 15) is 12.8 Å². The molecule has 0 saturated heterocycles. The number of benzene rings is 1. The molecular formula is C10H12BrClFNO2S. The Morgan fingerprint density at radius 2 is 2.18 bits per heavy atom. The van der Waals surface area contributed by atoms with E-state index in [1.165, 1.54) is 18.2 Å². The van der Waals surface area contributed by atoms with Crippen molar-refractivity contribution in [3.63, 3.8) is 0 Å². The Hall–Kier alpha value is -0.330. The van der Waals surface area contributed by atoms with E-state index in [1.54, 1.807) is 6.92 Å². The van der Waals surface area contributed by atoms with Crippen LogP contribution in [0.15, 0.2) is 22.7 Å². The first-order valence-electron chi connectivity index (χ1n) is 4.85. The molecule has 0 spiro atoms. The average molecular weight is 345 g/mol. The summed E-state index contributed by atoms with van der Waals surface area (Å²) in [5.74, 6) is -0.704. The minimum absolute atomic E-state index is 0.0684. The largest absolute Gasteiger partial charge is 0.281 e. The first kappa shape index (κ1) is 14.7. The Bertz CT molecular complexity index is 495. The first-order chi connectivity index (χ1) is 7.84. The summed E-state index contributed by atoms with van der Waals surface area (Å²) in [5.41, 5.74) is -0.0684. The summed E-state index contributed by atoms with van der Waals surface area (Å²) in [6.07, 6.45) is 0. The number of anilines is 1. The normalized spacial score (nSPS) is 13.4. The zero-order valence-electron chi connectivity index (χ0n) is 9.08. The van der Waals surface area contributed by atoms with Gasteiger partial charge in [0.15, 0.2) is 0 Å². The van der Waals surface area contributed by atoms with Crippen LogP contribution >= 0.6 is 27.5 Å². The standard InChI is InChI=1S/C10H12BrClFNO2S/c1-7(5-12)6-17(15,16)14-10-4-8(11)2-3-9(10)13/h2-4,7,14H,5-6H2,1H3. The molecule has 7 heteroatoms. The number of hydrogen-bond acceptors (Lipinski definition) is 2. The van der Waals surface area contributed by atoms with Gasteiger partial charge in [-0.15, -0.1) is 11.6 Å². The number of sulfonamides is 1. The predicted molar refractivity (Wildman–Crippen MR) is 71.4 cm³/mol. The van der Waals surface area contributed by atoms with Gasteiger partial charge in [-0.25, -0.2) is 12.8 Å². The Morgan fingerprint density at radius 3 is 2.76 bits per heavy atom. The molecule has 0 fully saturated rings. The van der Waals surface area contributed by atoms with Gasteiger partial charge in [0.2, 0.25) is 10.0 Å². The highest BCUT2D eigenvalue weighted by molar-refractivity contribution is 9.10. The summed E-state index contributed by atoms with van der Waals surface area (Å²) in [4.78, 5) is 0. The van der Waals surface area contributed by atoms with E-state index in [1.807, 2.05) is 0 Å². The molecule has 0 heterocycles. The van der Waals surface area contributed by atoms with Crippen molar-refractivity contribution in [1.82, 2.24) is 0 Å². The molecule has 1 aromatic carbocycles. The maximum Gasteiger partial charge on any atom is 0.233 e. The maximum atomic E-state index is 13.3. The predicted octanol–water partition coefficient (Wildman–Crippen LogP) is 3.20. The van der Waals surface area contributed by atoms with Crippen molar-refractivity contribution in [2.75, 3.05) is 16.4 Å². The molecule has 0 aliphatic heterocycles. The maximum absolute atomic E-state index is 13.3. The van der Waals surface area contributed by atoms with E-state index in [0.29, 0.717) is 4.47 Å². The molecule has 1 atom stereocenters. The van der Waals surface area contributed by atoms with Gasteiger partial charge in [0.25, 0.3) is 0 Å². The Balaban J connectivity index is 2.86. The van der Waals surface area contributed by atoms with Crippen molar-refractivity contribution >= 4 is 43.2 Å². The van der Waals surface area contributed by atoms with Crippen LogP contribution in [0.25, 0.3) is 0 Å². The molecule has 0 amide bonds. The molecule has 0 saturated carbocycles. The topological polar surface area (TPSA) is 46.2 Å². The second-order valence-corrected chi connectivity index (χ2v) is 6.76. The van der Waals surface area contributed by atoms with Gasteiger partial charge in [0.1, 0.15) is 5.82 Å². The zero-order chi connectivity index (χ0) is 13.1.